The Morgan fingerprint density at radius 3 is 2.79 bits per heavy atom. The van der Waals surface area contributed by atoms with E-state index in [-0.39, 0.29) is 11.9 Å². The molecule has 0 saturated carbocycles. The normalized spacial score (nSPS) is 16.2. The number of aromatic nitrogens is 5. The number of carbonyl (C=O) groups is 1. The number of rotatable bonds is 4. The number of pyridine rings is 2. The van der Waals surface area contributed by atoms with Crippen molar-refractivity contribution in [3.63, 3.8) is 0 Å². The van der Waals surface area contributed by atoms with E-state index < -0.39 is 0 Å². The molecule has 1 aliphatic rings. The molecule has 1 N–H and O–H groups in total. The predicted molar refractivity (Wildman–Crippen MR) is 128 cm³/mol. The molecule has 1 fully saturated rings. The van der Waals surface area contributed by atoms with Crippen molar-refractivity contribution in [3.05, 3.63) is 65.1 Å². The molecule has 4 heterocycles. The van der Waals surface area contributed by atoms with Crippen LogP contribution in [0.2, 0.25) is 5.02 Å². The zero-order valence-corrected chi connectivity index (χ0v) is 19.3. The highest BCUT2D eigenvalue weighted by Gasteiger charge is 2.30. The number of hydrogen-bond acceptors (Lipinski definition) is 6. The lowest BCUT2D eigenvalue weighted by Gasteiger charge is -2.34. The first kappa shape index (κ1) is 21.5. The number of fused-ring (bicyclic) bond motifs is 1. The van der Waals surface area contributed by atoms with Crippen LogP contribution in [-0.4, -0.2) is 50.0 Å². The third-order valence-electron chi connectivity index (χ3n) is 5.96. The number of amides is 1. The van der Waals surface area contributed by atoms with Gasteiger partial charge in [0.1, 0.15) is 11.5 Å². The van der Waals surface area contributed by atoms with E-state index >= 15 is 0 Å². The summed E-state index contributed by atoms with van der Waals surface area (Å²) in [6, 6.07) is 9.33. The smallest absolute Gasteiger partial charge is 0.261 e. The summed E-state index contributed by atoms with van der Waals surface area (Å²) in [6.45, 7) is 3.66. The number of nitrogens with zero attached hydrogens (tertiary/aromatic N) is 6. The lowest BCUT2D eigenvalue weighted by molar-refractivity contribution is 0.0971. The summed E-state index contributed by atoms with van der Waals surface area (Å²) in [5, 5.41) is 14.0. The fourth-order valence-corrected chi connectivity index (χ4v) is 4.69. The molecule has 1 aromatic carbocycles. The van der Waals surface area contributed by atoms with Gasteiger partial charge in [0.15, 0.2) is 0 Å². The molecule has 33 heavy (non-hydrogen) atoms. The minimum atomic E-state index is -0.128. The predicted octanol–water partition coefficient (Wildman–Crippen LogP) is 3.79. The van der Waals surface area contributed by atoms with Crippen LogP contribution in [-0.2, 0) is 7.05 Å². The maximum absolute atomic E-state index is 13.9. The maximum Gasteiger partial charge on any atom is 0.261 e. The standard InChI is InChI=1S/C24H24ClN7O/c1-15-10-18(25)11-16-7-9-27-23(22(15)16)32(19-4-3-8-26-13-19)24(33)17-5-6-20(28-12-17)21-14-31(2)30-29-21/h5-7,9-12,14,19,26H,3-4,8,13H2,1-2H3/t19-/m1/s1. The van der Waals surface area contributed by atoms with Gasteiger partial charge in [-0.2, -0.15) is 0 Å². The van der Waals surface area contributed by atoms with Gasteiger partial charge in [0.25, 0.3) is 5.91 Å². The Hall–Kier alpha value is -3.36. The summed E-state index contributed by atoms with van der Waals surface area (Å²) in [4.78, 5) is 24.9. The highest BCUT2D eigenvalue weighted by molar-refractivity contribution is 6.31. The Morgan fingerprint density at radius 1 is 1.21 bits per heavy atom. The van der Waals surface area contributed by atoms with Crippen LogP contribution in [0.5, 0.6) is 0 Å². The Kier molecular flexibility index (Phi) is 5.78. The molecule has 9 heteroatoms. The number of aryl methyl sites for hydroxylation is 2. The topological polar surface area (TPSA) is 88.8 Å². The van der Waals surface area contributed by atoms with Crippen molar-refractivity contribution >= 4 is 34.1 Å². The third kappa shape index (κ3) is 4.19. The summed E-state index contributed by atoms with van der Waals surface area (Å²) in [7, 11) is 1.80. The van der Waals surface area contributed by atoms with Gasteiger partial charge in [-0.1, -0.05) is 16.8 Å². The summed E-state index contributed by atoms with van der Waals surface area (Å²) < 4.78 is 1.62. The summed E-state index contributed by atoms with van der Waals surface area (Å²) >= 11 is 6.30. The van der Waals surface area contributed by atoms with Crippen LogP contribution in [0.4, 0.5) is 5.82 Å². The molecule has 1 amide bonds. The summed E-state index contributed by atoms with van der Waals surface area (Å²) in [5.41, 5.74) is 2.81. The van der Waals surface area contributed by atoms with Crippen molar-refractivity contribution in [2.45, 2.75) is 25.8 Å². The first-order valence-electron chi connectivity index (χ1n) is 10.9. The van der Waals surface area contributed by atoms with Gasteiger partial charge in [-0.05, 0) is 67.6 Å². The lowest BCUT2D eigenvalue weighted by Crippen LogP contribution is -2.49. The quantitative estimate of drug-likeness (QED) is 0.497. The van der Waals surface area contributed by atoms with E-state index in [1.165, 1.54) is 0 Å². The zero-order valence-electron chi connectivity index (χ0n) is 18.5. The monoisotopic (exact) mass is 461 g/mol. The molecule has 0 bridgehead atoms. The average Bonchev–Trinajstić information content (AvgIpc) is 3.26. The zero-order chi connectivity index (χ0) is 22.9. The van der Waals surface area contributed by atoms with Gasteiger partial charge < -0.3 is 5.32 Å². The van der Waals surface area contributed by atoms with Crippen molar-refractivity contribution in [2.75, 3.05) is 18.0 Å². The van der Waals surface area contributed by atoms with Gasteiger partial charge in [-0.25, -0.2) is 4.98 Å². The van der Waals surface area contributed by atoms with Gasteiger partial charge in [-0.15, -0.1) is 5.10 Å². The molecule has 1 saturated heterocycles. The van der Waals surface area contributed by atoms with Crippen LogP contribution in [0.15, 0.2) is 48.9 Å². The lowest BCUT2D eigenvalue weighted by atomic mass is 10.0. The largest absolute Gasteiger partial charge is 0.315 e. The fourth-order valence-electron chi connectivity index (χ4n) is 4.41. The molecule has 3 aromatic heterocycles. The average molecular weight is 462 g/mol. The van der Waals surface area contributed by atoms with E-state index in [2.05, 4.69) is 25.6 Å². The number of anilines is 1. The van der Waals surface area contributed by atoms with E-state index in [1.54, 1.807) is 42.5 Å². The molecular formula is C24H24ClN7O. The molecule has 1 aliphatic heterocycles. The van der Waals surface area contributed by atoms with Gasteiger partial charge in [0.2, 0.25) is 0 Å². The highest BCUT2D eigenvalue weighted by atomic mass is 35.5. The first-order valence-corrected chi connectivity index (χ1v) is 11.3. The number of halogens is 1. The summed E-state index contributed by atoms with van der Waals surface area (Å²) in [6.07, 6.45) is 7.02. The van der Waals surface area contributed by atoms with E-state index in [0.29, 0.717) is 34.3 Å². The molecule has 5 rings (SSSR count). The van der Waals surface area contributed by atoms with Crippen LogP contribution >= 0.6 is 11.6 Å². The van der Waals surface area contributed by atoms with Crippen LogP contribution in [0, 0.1) is 6.92 Å². The number of carbonyl (C=O) groups excluding carboxylic acids is 1. The SMILES string of the molecule is Cc1cc(Cl)cc2ccnc(N(C(=O)c3ccc(-c4cn(C)nn4)nc3)[C@@H]3CCCNC3)c12. The number of benzene rings is 1. The van der Waals surface area contributed by atoms with Gasteiger partial charge in [0, 0.05) is 36.4 Å². The van der Waals surface area contributed by atoms with Crippen LogP contribution in [0.1, 0.15) is 28.8 Å². The molecular weight excluding hydrogens is 438 g/mol. The van der Waals surface area contributed by atoms with Crippen LogP contribution in [0.25, 0.3) is 22.2 Å². The second-order valence-electron chi connectivity index (χ2n) is 8.34. The van der Waals surface area contributed by atoms with E-state index in [1.807, 2.05) is 30.0 Å². The minimum Gasteiger partial charge on any atom is -0.315 e. The molecule has 0 radical (unpaired) electrons. The second kappa shape index (κ2) is 8.88. The maximum atomic E-state index is 13.9. The van der Waals surface area contributed by atoms with Gasteiger partial charge >= 0.3 is 0 Å². The molecule has 4 aromatic rings. The van der Waals surface area contributed by atoms with Crippen molar-refractivity contribution in [1.29, 1.82) is 0 Å². The van der Waals surface area contributed by atoms with Gasteiger partial charge in [-0.3, -0.25) is 19.4 Å². The Morgan fingerprint density at radius 2 is 2.09 bits per heavy atom. The van der Waals surface area contributed by atoms with Crippen LogP contribution < -0.4 is 10.2 Å². The molecule has 1 atom stereocenters. The van der Waals surface area contributed by atoms with Crippen molar-refractivity contribution < 1.29 is 4.79 Å². The van der Waals surface area contributed by atoms with E-state index in [0.717, 1.165) is 35.7 Å². The molecule has 0 aliphatic carbocycles. The Bertz CT molecular complexity index is 1310. The van der Waals surface area contributed by atoms with Crippen molar-refractivity contribution in [3.8, 4) is 11.4 Å². The van der Waals surface area contributed by atoms with Crippen molar-refractivity contribution in [1.82, 2.24) is 30.3 Å². The fraction of sp³-hybridized carbons (Fsp3) is 0.292. The Labute approximate surface area is 196 Å². The van der Waals surface area contributed by atoms with E-state index in [4.69, 9.17) is 11.6 Å². The third-order valence-corrected chi connectivity index (χ3v) is 6.18. The van der Waals surface area contributed by atoms with Crippen molar-refractivity contribution in [2.24, 2.45) is 7.05 Å². The van der Waals surface area contributed by atoms with Crippen LogP contribution in [0.3, 0.4) is 0 Å². The highest BCUT2D eigenvalue weighted by Crippen LogP contribution is 2.33. The molecule has 168 valence electrons. The van der Waals surface area contributed by atoms with E-state index in [9.17, 15) is 4.79 Å². The molecule has 0 unspecified atom stereocenters. The first-order chi connectivity index (χ1) is 16.0. The number of hydrogen-bond donors (Lipinski definition) is 1. The van der Waals surface area contributed by atoms with Gasteiger partial charge in [0.05, 0.1) is 23.5 Å². The number of nitrogens with one attached hydrogen (secondary N) is 1. The molecule has 8 nitrogen and oxygen atoms in total. The molecule has 0 spiro atoms. The summed E-state index contributed by atoms with van der Waals surface area (Å²) in [5.74, 6) is 0.523. The Balaban J connectivity index is 1.58. The second-order valence-corrected chi connectivity index (χ2v) is 8.78. The number of piperidine rings is 1. The minimum absolute atomic E-state index is 0.0147.